The molecule has 3 atom stereocenters. The van der Waals surface area contributed by atoms with E-state index in [1.54, 1.807) is 6.07 Å². The number of piperidine rings is 1. The number of fused-ring (bicyclic) bond motifs is 1. The first-order chi connectivity index (χ1) is 12.6. The van der Waals surface area contributed by atoms with E-state index in [9.17, 15) is 5.11 Å². The number of nitrogens with one attached hydrogen (secondary N) is 1. The zero-order chi connectivity index (χ0) is 18.3. The molecule has 0 saturated carbocycles. The lowest BCUT2D eigenvalue weighted by molar-refractivity contribution is 0.288. The van der Waals surface area contributed by atoms with Gasteiger partial charge in [0.25, 0.3) is 0 Å². The smallest absolute Gasteiger partial charge is 0.151 e. The summed E-state index contributed by atoms with van der Waals surface area (Å²) in [5, 5.41) is 23.0. The van der Waals surface area contributed by atoms with Crippen molar-refractivity contribution < 1.29 is 5.11 Å². The first-order valence-corrected chi connectivity index (χ1v) is 9.71. The van der Waals surface area contributed by atoms with Crippen molar-refractivity contribution in [3.8, 4) is 17.0 Å². The van der Waals surface area contributed by atoms with Gasteiger partial charge in [-0.05, 0) is 68.5 Å². The number of anilines is 1. The molecule has 2 aromatic rings. The van der Waals surface area contributed by atoms with E-state index in [-0.39, 0.29) is 5.75 Å². The van der Waals surface area contributed by atoms with Crippen LogP contribution >= 0.6 is 0 Å². The molecular weight excluding hydrogens is 324 g/mol. The molecule has 1 aromatic carbocycles. The minimum absolute atomic E-state index is 0.263. The quantitative estimate of drug-likeness (QED) is 0.886. The van der Waals surface area contributed by atoms with Gasteiger partial charge in [-0.15, -0.1) is 10.2 Å². The molecule has 1 aromatic heterocycles. The summed E-state index contributed by atoms with van der Waals surface area (Å²) in [7, 11) is 0. The van der Waals surface area contributed by atoms with Crippen molar-refractivity contribution in [2.75, 3.05) is 18.0 Å². The van der Waals surface area contributed by atoms with Gasteiger partial charge in [0.2, 0.25) is 0 Å². The molecule has 0 bridgehead atoms. The third kappa shape index (κ3) is 3.05. The lowest BCUT2D eigenvalue weighted by atomic mass is 9.89. The Morgan fingerprint density at radius 3 is 2.81 bits per heavy atom. The van der Waals surface area contributed by atoms with Crippen LogP contribution in [0.4, 0.5) is 5.82 Å². The standard InChI is InChI=1S/C21H28N4O/c1-4-15-11-18-17(22-12-15)7-8-25(18)20-10-14(3)21(24-23-20)16-6-5-13(2)9-19(16)26/h5-6,9-10,15,17-18,22,26H,4,7-8,11-12H2,1-3H3. The number of aromatic hydroxyl groups is 1. The summed E-state index contributed by atoms with van der Waals surface area (Å²) in [4.78, 5) is 2.43. The lowest BCUT2D eigenvalue weighted by Gasteiger charge is -2.37. The molecule has 26 heavy (non-hydrogen) atoms. The second-order valence-electron chi connectivity index (χ2n) is 7.83. The molecule has 138 valence electrons. The molecule has 0 spiro atoms. The summed E-state index contributed by atoms with van der Waals surface area (Å²) in [6, 6.07) is 8.90. The molecule has 0 amide bonds. The maximum absolute atomic E-state index is 10.3. The SMILES string of the molecule is CCC1CNC2CCN(c3cc(C)c(-c4ccc(C)cc4O)nn3)C2C1. The van der Waals surface area contributed by atoms with Crippen LogP contribution in [0, 0.1) is 19.8 Å². The Kier molecular flexibility index (Phi) is 4.57. The highest BCUT2D eigenvalue weighted by Gasteiger charge is 2.39. The summed E-state index contributed by atoms with van der Waals surface area (Å²) in [5.74, 6) is 1.97. The highest BCUT2D eigenvalue weighted by molar-refractivity contribution is 5.70. The number of hydrogen-bond acceptors (Lipinski definition) is 5. The van der Waals surface area contributed by atoms with E-state index in [0.717, 1.165) is 47.2 Å². The number of aryl methyl sites for hydroxylation is 2. The molecule has 2 aliphatic rings. The van der Waals surface area contributed by atoms with Gasteiger partial charge in [0.05, 0.1) is 5.69 Å². The molecular formula is C21H28N4O. The lowest BCUT2D eigenvalue weighted by Crippen LogP contribution is -2.50. The number of aromatic nitrogens is 2. The highest BCUT2D eigenvalue weighted by Crippen LogP contribution is 2.35. The van der Waals surface area contributed by atoms with Gasteiger partial charge >= 0.3 is 0 Å². The molecule has 2 N–H and O–H groups in total. The predicted octanol–water partition coefficient (Wildman–Crippen LogP) is 3.43. The van der Waals surface area contributed by atoms with Crippen LogP contribution in [0.2, 0.25) is 0 Å². The molecule has 4 rings (SSSR count). The summed E-state index contributed by atoms with van der Waals surface area (Å²) < 4.78 is 0. The average molecular weight is 352 g/mol. The average Bonchev–Trinajstić information content (AvgIpc) is 3.05. The van der Waals surface area contributed by atoms with Crippen molar-refractivity contribution in [1.29, 1.82) is 0 Å². The Morgan fingerprint density at radius 2 is 2.08 bits per heavy atom. The topological polar surface area (TPSA) is 61.3 Å². The Hall–Kier alpha value is -2.14. The molecule has 0 radical (unpaired) electrons. The minimum Gasteiger partial charge on any atom is -0.507 e. The largest absolute Gasteiger partial charge is 0.507 e. The van der Waals surface area contributed by atoms with Crippen molar-refractivity contribution in [3.63, 3.8) is 0 Å². The van der Waals surface area contributed by atoms with Crippen LogP contribution in [-0.4, -0.2) is 40.5 Å². The zero-order valence-corrected chi connectivity index (χ0v) is 15.9. The van der Waals surface area contributed by atoms with E-state index in [1.807, 2.05) is 26.0 Å². The first-order valence-electron chi connectivity index (χ1n) is 9.71. The molecule has 3 heterocycles. The van der Waals surface area contributed by atoms with Crippen molar-refractivity contribution in [2.45, 2.75) is 52.1 Å². The summed E-state index contributed by atoms with van der Waals surface area (Å²) in [6.45, 7) is 8.47. The van der Waals surface area contributed by atoms with Crippen molar-refractivity contribution in [3.05, 3.63) is 35.4 Å². The fourth-order valence-electron chi connectivity index (χ4n) is 4.44. The Bertz CT molecular complexity index is 807. The van der Waals surface area contributed by atoms with Gasteiger partial charge in [-0.25, -0.2) is 0 Å². The molecule has 3 unspecified atom stereocenters. The van der Waals surface area contributed by atoms with E-state index in [4.69, 9.17) is 0 Å². The van der Waals surface area contributed by atoms with Crippen LogP contribution in [0.15, 0.2) is 24.3 Å². The number of hydrogen-bond donors (Lipinski definition) is 2. The second-order valence-corrected chi connectivity index (χ2v) is 7.83. The third-order valence-corrected chi connectivity index (χ3v) is 6.04. The molecule has 2 fully saturated rings. The summed E-state index contributed by atoms with van der Waals surface area (Å²) >= 11 is 0. The van der Waals surface area contributed by atoms with Crippen LogP contribution < -0.4 is 10.2 Å². The van der Waals surface area contributed by atoms with Crippen molar-refractivity contribution in [1.82, 2.24) is 15.5 Å². The predicted molar refractivity (Wildman–Crippen MR) is 105 cm³/mol. The van der Waals surface area contributed by atoms with E-state index >= 15 is 0 Å². The van der Waals surface area contributed by atoms with Crippen LogP contribution in [0.5, 0.6) is 5.75 Å². The summed E-state index contributed by atoms with van der Waals surface area (Å²) in [6.07, 6.45) is 3.62. The van der Waals surface area contributed by atoms with Crippen LogP contribution in [-0.2, 0) is 0 Å². The summed E-state index contributed by atoms with van der Waals surface area (Å²) in [5.41, 5.74) is 3.59. The monoisotopic (exact) mass is 352 g/mol. The molecule has 2 saturated heterocycles. The fourth-order valence-corrected chi connectivity index (χ4v) is 4.44. The Labute approximate surface area is 155 Å². The van der Waals surface area contributed by atoms with Gasteiger partial charge in [0.1, 0.15) is 5.75 Å². The molecule has 2 aliphatic heterocycles. The number of nitrogens with zero attached hydrogens (tertiary/aromatic N) is 3. The van der Waals surface area contributed by atoms with E-state index < -0.39 is 0 Å². The number of phenolic OH excluding ortho intramolecular Hbond substituents is 1. The van der Waals surface area contributed by atoms with Gasteiger partial charge in [0.15, 0.2) is 5.82 Å². The van der Waals surface area contributed by atoms with Gasteiger partial charge in [0, 0.05) is 24.2 Å². The van der Waals surface area contributed by atoms with E-state index in [1.165, 1.54) is 19.3 Å². The van der Waals surface area contributed by atoms with Crippen LogP contribution in [0.1, 0.15) is 37.3 Å². The highest BCUT2D eigenvalue weighted by atomic mass is 16.3. The minimum atomic E-state index is 0.263. The third-order valence-electron chi connectivity index (χ3n) is 6.04. The van der Waals surface area contributed by atoms with Crippen molar-refractivity contribution >= 4 is 5.82 Å². The molecule has 5 nitrogen and oxygen atoms in total. The van der Waals surface area contributed by atoms with Gasteiger partial charge in [-0.2, -0.15) is 0 Å². The Morgan fingerprint density at radius 1 is 1.23 bits per heavy atom. The van der Waals surface area contributed by atoms with Crippen LogP contribution in [0.25, 0.3) is 11.3 Å². The number of phenols is 1. The fraction of sp³-hybridized carbons (Fsp3) is 0.524. The van der Waals surface area contributed by atoms with Crippen molar-refractivity contribution in [2.24, 2.45) is 5.92 Å². The van der Waals surface area contributed by atoms with Gasteiger partial charge in [-0.3, -0.25) is 0 Å². The maximum atomic E-state index is 10.3. The first kappa shape index (κ1) is 17.3. The normalized spacial score (nSPS) is 25.3. The van der Waals surface area contributed by atoms with Crippen LogP contribution in [0.3, 0.4) is 0 Å². The number of rotatable bonds is 3. The maximum Gasteiger partial charge on any atom is 0.151 e. The van der Waals surface area contributed by atoms with Gasteiger partial charge < -0.3 is 15.3 Å². The van der Waals surface area contributed by atoms with E-state index in [2.05, 4.69) is 33.4 Å². The van der Waals surface area contributed by atoms with Gasteiger partial charge in [-0.1, -0.05) is 19.4 Å². The Balaban J connectivity index is 1.62. The number of benzene rings is 1. The zero-order valence-electron chi connectivity index (χ0n) is 15.9. The molecule has 0 aliphatic carbocycles. The second kappa shape index (κ2) is 6.88. The molecule has 5 heteroatoms. The van der Waals surface area contributed by atoms with E-state index in [0.29, 0.717) is 12.1 Å².